The fraction of sp³-hybridized carbons (Fsp3) is 0.562. The summed E-state index contributed by atoms with van der Waals surface area (Å²) in [4.78, 5) is 0. The zero-order valence-corrected chi connectivity index (χ0v) is 12.1. The fourth-order valence-corrected chi connectivity index (χ4v) is 3.15. The predicted octanol–water partition coefficient (Wildman–Crippen LogP) is 3.53. The lowest BCUT2D eigenvalue weighted by Crippen LogP contribution is -2.16. The van der Waals surface area contributed by atoms with Crippen molar-refractivity contribution in [2.24, 2.45) is 5.73 Å². The van der Waals surface area contributed by atoms with E-state index in [1.54, 1.807) is 6.26 Å². The number of nitrogens with zero attached hydrogens (tertiary/aromatic N) is 2. The van der Waals surface area contributed by atoms with Crippen LogP contribution in [0, 0.1) is 6.92 Å². The molecule has 1 atom stereocenters. The van der Waals surface area contributed by atoms with E-state index in [4.69, 9.17) is 15.2 Å². The first kappa shape index (κ1) is 13.4. The van der Waals surface area contributed by atoms with Gasteiger partial charge in [-0.3, -0.25) is 4.68 Å². The maximum Gasteiger partial charge on any atom is 0.105 e. The van der Waals surface area contributed by atoms with Crippen molar-refractivity contribution in [3.63, 3.8) is 0 Å². The van der Waals surface area contributed by atoms with Crippen LogP contribution in [-0.4, -0.2) is 9.78 Å². The molecule has 0 spiro atoms. The minimum absolute atomic E-state index is 0.0385. The van der Waals surface area contributed by atoms with Gasteiger partial charge < -0.3 is 10.2 Å². The van der Waals surface area contributed by atoms with Gasteiger partial charge in [0.1, 0.15) is 5.76 Å². The summed E-state index contributed by atoms with van der Waals surface area (Å²) in [5, 5.41) is 4.72. The van der Waals surface area contributed by atoms with Gasteiger partial charge in [0, 0.05) is 24.2 Å². The third-order valence-corrected chi connectivity index (χ3v) is 4.34. The summed E-state index contributed by atoms with van der Waals surface area (Å²) >= 11 is 0. The highest BCUT2D eigenvalue weighted by molar-refractivity contribution is 5.21. The van der Waals surface area contributed by atoms with Gasteiger partial charge in [-0.25, -0.2) is 0 Å². The van der Waals surface area contributed by atoms with Crippen LogP contribution in [0.1, 0.15) is 61.2 Å². The van der Waals surface area contributed by atoms with Crippen LogP contribution in [0.25, 0.3) is 0 Å². The highest BCUT2D eigenvalue weighted by atomic mass is 16.3. The number of nitrogens with two attached hydrogens (primary N) is 1. The molecule has 2 aromatic heterocycles. The Balaban J connectivity index is 1.66. The molecular formula is C16H23N3O. The summed E-state index contributed by atoms with van der Waals surface area (Å²) in [5.41, 5.74) is 8.40. The van der Waals surface area contributed by atoms with E-state index in [1.807, 2.05) is 13.0 Å². The van der Waals surface area contributed by atoms with Gasteiger partial charge in [-0.2, -0.15) is 5.10 Å². The molecule has 1 fully saturated rings. The quantitative estimate of drug-likeness (QED) is 0.927. The number of hydrogen-bond acceptors (Lipinski definition) is 3. The summed E-state index contributed by atoms with van der Waals surface area (Å²) in [6.45, 7) is 1.95. The van der Waals surface area contributed by atoms with Crippen molar-refractivity contribution < 1.29 is 4.42 Å². The fourth-order valence-electron chi connectivity index (χ4n) is 3.15. The van der Waals surface area contributed by atoms with Crippen molar-refractivity contribution in [1.29, 1.82) is 0 Å². The van der Waals surface area contributed by atoms with Gasteiger partial charge >= 0.3 is 0 Å². The third-order valence-electron chi connectivity index (χ3n) is 4.34. The van der Waals surface area contributed by atoms with Gasteiger partial charge in [0.25, 0.3) is 0 Å². The molecule has 2 heterocycles. The highest BCUT2D eigenvalue weighted by Gasteiger charge is 2.17. The second-order valence-electron chi connectivity index (χ2n) is 5.82. The molecule has 108 valence electrons. The Morgan fingerprint density at radius 2 is 2.15 bits per heavy atom. The Kier molecular flexibility index (Phi) is 3.92. The minimum atomic E-state index is -0.0385. The maximum atomic E-state index is 6.25. The monoisotopic (exact) mass is 273 g/mol. The first-order valence-electron chi connectivity index (χ1n) is 7.57. The second-order valence-corrected chi connectivity index (χ2v) is 5.82. The summed E-state index contributed by atoms with van der Waals surface area (Å²) in [6.07, 6.45) is 11.1. The Bertz CT molecular complexity index is 552. The largest absolute Gasteiger partial charge is 0.469 e. The zero-order chi connectivity index (χ0) is 13.9. The number of furan rings is 1. The van der Waals surface area contributed by atoms with Crippen molar-refractivity contribution in [2.45, 2.75) is 57.5 Å². The van der Waals surface area contributed by atoms with Crippen LogP contribution in [0.4, 0.5) is 0 Å². The van der Waals surface area contributed by atoms with Gasteiger partial charge in [0.05, 0.1) is 18.0 Å². The van der Waals surface area contributed by atoms with Crippen molar-refractivity contribution in [1.82, 2.24) is 9.78 Å². The Morgan fingerprint density at radius 1 is 1.35 bits per heavy atom. The van der Waals surface area contributed by atoms with Gasteiger partial charge in [-0.1, -0.05) is 19.3 Å². The summed E-state index contributed by atoms with van der Waals surface area (Å²) in [5.74, 6) is 0.907. The molecule has 1 saturated carbocycles. The minimum Gasteiger partial charge on any atom is -0.469 e. The Morgan fingerprint density at radius 3 is 2.85 bits per heavy atom. The number of aryl methyl sites for hydroxylation is 1. The Hall–Kier alpha value is -1.55. The molecule has 1 unspecified atom stereocenters. The maximum absolute atomic E-state index is 6.25. The van der Waals surface area contributed by atoms with Crippen LogP contribution in [0.2, 0.25) is 0 Å². The average Bonchev–Trinajstić information content (AvgIpc) is 3.09. The normalized spacial score (nSPS) is 18.3. The van der Waals surface area contributed by atoms with Crippen LogP contribution in [0.15, 0.2) is 29.0 Å². The molecule has 1 aliphatic rings. The molecular weight excluding hydrogens is 250 g/mol. The van der Waals surface area contributed by atoms with E-state index >= 15 is 0 Å². The SMILES string of the molecule is Cc1occc1C(N)Cc1ccn(C2CCCCC2)n1. The lowest BCUT2D eigenvalue weighted by Gasteiger charge is -2.21. The molecule has 20 heavy (non-hydrogen) atoms. The molecule has 0 aliphatic heterocycles. The average molecular weight is 273 g/mol. The molecule has 4 nitrogen and oxygen atoms in total. The van der Waals surface area contributed by atoms with E-state index in [0.717, 1.165) is 23.4 Å². The van der Waals surface area contributed by atoms with Crippen LogP contribution < -0.4 is 5.73 Å². The van der Waals surface area contributed by atoms with E-state index < -0.39 is 0 Å². The first-order valence-corrected chi connectivity index (χ1v) is 7.57. The predicted molar refractivity (Wildman–Crippen MR) is 78.4 cm³/mol. The van der Waals surface area contributed by atoms with Gasteiger partial charge in [-0.15, -0.1) is 0 Å². The smallest absolute Gasteiger partial charge is 0.105 e. The molecule has 3 rings (SSSR count). The summed E-state index contributed by atoms with van der Waals surface area (Å²) in [6, 6.07) is 4.61. The van der Waals surface area contributed by atoms with E-state index in [-0.39, 0.29) is 6.04 Å². The van der Waals surface area contributed by atoms with Crippen molar-refractivity contribution in [2.75, 3.05) is 0 Å². The van der Waals surface area contributed by atoms with Crippen LogP contribution in [0.5, 0.6) is 0 Å². The summed E-state index contributed by atoms with van der Waals surface area (Å²) in [7, 11) is 0. The molecule has 0 saturated heterocycles. The third kappa shape index (κ3) is 2.80. The van der Waals surface area contributed by atoms with Crippen LogP contribution in [-0.2, 0) is 6.42 Å². The standard InChI is InChI=1S/C16H23N3O/c1-12-15(8-10-20-12)16(17)11-13-7-9-19(18-13)14-5-3-2-4-6-14/h7-10,14,16H,2-6,11,17H2,1H3. The lowest BCUT2D eigenvalue weighted by atomic mass is 9.96. The van der Waals surface area contributed by atoms with Crippen LogP contribution in [0.3, 0.4) is 0 Å². The molecule has 2 aromatic rings. The molecule has 4 heteroatoms. The molecule has 0 aromatic carbocycles. The van der Waals surface area contributed by atoms with E-state index in [9.17, 15) is 0 Å². The first-order chi connectivity index (χ1) is 9.74. The van der Waals surface area contributed by atoms with Gasteiger partial charge in [-0.05, 0) is 31.9 Å². The van der Waals surface area contributed by atoms with Crippen molar-refractivity contribution in [3.8, 4) is 0 Å². The Labute approximate surface area is 120 Å². The highest BCUT2D eigenvalue weighted by Crippen LogP contribution is 2.28. The topological polar surface area (TPSA) is 57.0 Å². The van der Waals surface area contributed by atoms with E-state index in [1.165, 1.54) is 32.1 Å². The number of hydrogen-bond donors (Lipinski definition) is 1. The summed E-state index contributed by atoms with van der Waals surface area (Å²) < 4.78 is 7.46. The lowest BCUT2D eigenvalue weighted by molar-refractivity contribution is 0.328. The number of aromatic nitrogens is 2. The van der Waals surface area contributed by atoms with E-state index in [2.05, 4.69) is 16.9 Å². The zero-order valence-electron chi connectivity index (χ0n) is 12.1. The molecule has 0 radical (unpaired) electrons. The van der Waals surface area contributed by atoms with Gasteiger partial charge in [0.2, 0.25) is 0 Å². The van der Waals surface area contributed by atoms with E-state index in [0.29, 0.717) is 6.04 Å². The molecule has 0 bridgehead atoms. The molecule has 2 N–H and O–H groups in total. The second kappa shape index (κ2) is 5.83. The van der Waals surface area contributed by atoms with Gasteiger partial charge in [0.15, 0.2) is 0 Å². The van der Waals surface area contributed by atoms with Crippen molar-refractivity contribution >= 4 is 0 Å². The van der Waals surface area contributed by atoms with Crippen LogP contribution >= 0.6 is 0 Å². The van der Waals surface area contributed by atoms with Crippen molar-refractivity contribution in [3.05, 3.63) is 41.6 Å². The molecule has 1 aliphatic carbocycles. The molecule has 0 amide bonds. The number of rotatable bonds is 4.